The van der Waals surface area contributed by atoms with Crippen molar-refractivity contribution in [1.29, 1.82) is 0 Å². The summed E-state index contributed by atoms with van der Waals surface area (Å²) in [7, 11) is 0. The molecule has 0 fully saturated rings. The molecule has 0 radical (unpaired) electrons. The molecule has 0 spiro atoms. The minimum absolute atomic E-state index is 0.00610. The molecule has 8 aromatic rings. The summed E-state index contributed by atoms with van der Waals surface area (Å²) in [5.74, 6) is 1.22. The van der Waals surface area contributed by atoms with Crippen LogP contribution in [0.2, 0.25) is 0 Å². The summed E-state index contributed by atoms with van der Waals surface area (Å²) in [6, 6.07) is 44.2. The fourth-order valence-corrected chi connectivity index (χ4v) is 11.2. The molecule has 0 unspecified atom stereocenters. The van der Waals surface area contributed by atoms with Crippen LogP contribution in [0.3, 0.4) is 0 Å². The lowest BCUT2D eigenvalue weighted by Crippen LogP contribution is -2.61. The largest absolute Gasteiger partial charge is 0.456 e. The van der Waals surface area contributed by atoms with E-state index < -0.39 is 0 Å². The lowest BCUT2D eigenvalue weighted by atomic mass is 9.33. The monoisotopic (exact) mass is 830 g/mol. The number of anilines is 6. The van der Waals surface area contributed by atoms with Gasteiger partial charge in [-0.2, -0.15) is 0 Å². The number of rotatable bonds is 4. The fourth-order valence-electron chi connectivity index (χ4n) is 9.99. The number of benzene rings is 6. The number of aryl methyl sites for hydroxylation is 2. The quantitative estimate of drug-likeness (QED) is 0.165. The molecule has 0 saturated carbocycles. The van der Waals surface area contributed by atoms with Gasteiger partial charge in [-0.15, -0.1) is 11.3 Å². The first-order valence-corrected chi connectivity index (χ1v) is 23.3. The maximum absolute atomic E-state index is 6.46. The Bertz CT molecular complexity index is 3030. The zero-order valence-corrected chi connectivity index (χ0v) is 39.7. The van der Waals surface area contributed by atoms with Crippen molar-refractivity contribution in [3.63, 3.8) is 0 Å². The van der Waals surface area contributed by atoms with Crippen LogP contribution in [0.4, 0.5) is 33.4 Å². The van der Waals surface area contributed by atoms with E-state index in [0.717, 1.165) is 22.3 Å². The SMILES string of the molecule is Cc1cc(-c2cc3ccccc3o2)cc(C)c1N1c2cc(C(C)C)cc3c2B(c2cc(C(C)(C)C)ccc2N3c2ccc(C(C)(C)C)cc2)c2c1sc1ccc(C(C)(C)C)cc21. The highest BCUT2D eigenvalue weighted by molar-refractivity contribution is 7.26. The van der Waals surface area contributed by atoms with E-state index in [1.54, 1.807) is 0 Å². The molecule has 0 saturated heterocycles. The number of furan rings is 1. The summed E-state index contributed by atoms with van der Waals surface area (Å²) < 4.78 is 7.79. The number of nitrogens with zero attached hydrogens (tertiary/aromatic N) is 2. The Morgan fingerprint density at radius 2 is 1.18 bits per heavy atom. The Hall–Kier alpha value is -5.52. The van der Waals surface area contributed by atoms with Gasteiger partial charge in [0.1, 0.15) is 11.3 Å². The number of hydrogen-bond donors (Lipinski definition) is 0. The van der Waals surface area contributed by atoms with Gasteiger partial charge in [0.25, 0.3) is 6.71 Å². The highest BCUT2D eigenvalue weighted by Gasteiger charge is 2.46. The second kappa shape index (κ2) is 14.0. The van der Waals surface area contributed by atoms with Crippen molar-refractivity contribution >= 4 is 88.9 Å². The maximum Gasteiger partial charge on any atom is 0.254 e. The van der Waals surface area contributed by atoms with Crippen molar-refractivity contribution < 1.29 is 4.42 Å². The van der Waals surface area contributed by atoms with Gasteiger partial charge in [-0.05, 0) is 152 Å². The molecule has 312 valence electrons. The standard InChI is InChI=1S/C57H59BN2OS/c1-33(2)37-28-46-52-47(29-37)60(53-34(3)26-38(27-35(53)4)49-30-36-16-14-15-17-48(36)61-49)54-51(43-31-40(56(8,9)10)21-25-50(43)62-54)58(52)44-32-41(57(11,12)13)20-24-45(44)59(46)42-22-18-39(19-23-42)55(5,6)7/h14-33H,1-13H3. The predicted octanol–water partition coefficient (Wildman–Crippen LogP) is 15.0. The number of hydrogen-bond acceptors (Lipinski definition) is 4. The normalized spacial score (nSPS) is 13.9. The molecule has 10 rings (SSSR count). The van der Waals surface area contributed by atoms with Gasteiger partial charge in [-0.3, -0.25) is 0 Å². The molecule has 0 N–H and O–H groups in total. The van der Waals surface area contributed by atoms with Crippen LogP contribution in [0.25, 0.3) is 32.4 Å². The van der Waals surface area contributed by atoms with Crippen LogP contribution in [-0.2, 0) is 16.2 Å². The van der Waals surface area contributed by atoms with Crippen LogP contribution in [0.15, 0.2) is 120 Å². The van der Waals surface area contributed by atoms with Crippen LogP contribution in [0.1, 0.15) is 115 Å². The minimum atomic E-state index is -0.0196. The van der Waals surface area contributed by atoms with Crippen LogP contribution >= 0.6 is 11.3 Å². The molecule has 2 aliphatic rings. The summed E-state index contributed by atoms with van der Waals surface area (Å²) in [6.45, 7) is 30.2. The topological polar surface area (TPSA) is 19.6 Å². The van der Waals surface area contributed by atoms with Crippen molar-refractivity contribution in [3.05, 3.63) is 149 Å². The highest BCUT2D eigenvalue weighted by atomic mass is 32.1. The second-order valence-corrected chi connectivity index (χ2v) is 22.5. The van der Waals surface area contributed by atoms with Crippen LogP contribution in [0.5, 0.6) is 0 Å². The molecular weight excluding hydrogens is 772 g/mol. The summed E-state index contributed by atoms with van der Waals surface area (Å²) in [5, 5.41) is 3.80. The number of fused-ring (bicyclic) bond motifs is 7. The van der Waals surface area contributed by atoms with Crippen molar-refractivity contribution in [3.8, 4) is 11.3 Å². The second-order valence-electron chi connectivity index (χ2n) is 21.4. The van der Waals surface area contributed by atoms with E-state index in [2.05, 4.69) is 209 Å². The first kappa shape index (κ1) is 40.6. The van der Waals surface area contributed by atoms with E-state index in [1.165, 1.54) is 93.3 Å². The van der Waals surface area contributed by atoms with Gasteiger partial charge in [0, 0.05) is 38.4 Å². The molecule has 0 amide bonds. The van der Waals surface area contributed by atoms with E-state index in [0.29, 0.717) is 5.92 Å². The Morgan fingerprint density at radius 1 is 0.581 bits per heavy atom. The van der Waals surface area contributed by atoms with E-state index in [1.807, 2.05) is 17.4 Å². The number of thiophene rings is 1. The average molecular weight is 831 g/mol. The van der Waals surface area contributed by atoms with E-state index in [4.69, 9.17) is 4.42 Å². The summed E-state index contributed by atoms with van der Waals surface area (Å²) in [5.41, 5.74) is 20.3. The summed E-state index contributed by atoms with van der Waals surface area (Å²) in [4.78, 5) is 5.24. The first-order chi connectivity index (χ1) is 29.3. The van der Waals surface area contributed by atoms with Crippen molar-refractivity contribution in [2.24, 2.45) is 0 Å². The van der Waals surface area contributed by atoms with Crippen LogP contribution in [0, 0.1) is 13.8 Å². The molecule has 62 heavy (non-hydrogen) atoms. The fraction of sp³-hybridized carbons (Fsp3) is 0.298. The molecule has 4 heterocycles. The molecule has 2 aromatic heterocycles. The van der Waals surface area contributed by atoms with Crippen LogP contribution < -0.4 is 26.2 Å². The van der Waals surface area contributed by atoms with E-state index in [9.17, 15) is 0 Å². The third-order valence-electron chi connectivity index (χ3n) is 13.5. The lowest BCUT2D eigenvalue weighted by Gasteiger charge is -2.44. The van der Waals surface area contributed by atoms with Crippen molar-refractivity contribution in [1.82, 2.24) is 0 Å². The predicted molar refractivity (Wildman–Crippen MR) is 271 cm³/mol. The van der Waals surface area contributed by atoms with E-state index >= 15 is 0 Å². The molecule has 5 heteroatoms. The Morgan fingerprint density at radius 3 is 1.81 bits per heavy atom. The van der Waals surface area contributed by atoms with E-state index in [-0.39, 0.29) is 23.0 Å². The minimum Gasteiger partial charge on any atom is -0.456 e. The Balaban J connectivity index is 1.31. The summed E-state index contributed by atoms with van der Waals surface area (Å²) in [6.07, 6.45) is 0. The maximum atomic E-state index is 6.46. The molecule has 2 aliphatic heterocycles. The molecular formula is C57H59BN2OS. The zero-order chi connectivity index (χ0) is 43.8. The third-order valence-corrected chi connectivity index (χ3v) is 14.7. The van der Waals surface area contributed by atoms with Gasteiger partial charge in [0.15, 0.2) is 0 Å². The average Bonchev–Trinajstić information content (AvgIpc) is 3.82. The third kappa shape index (κ3) is 6.45. The van der Waals surface area contributed by atoms with Crippen molar-refractivity contribution in [2.75, 3.05) is 9.80 Å². The Kier molecular flexibility index (Phi) is 9.15. The molecule has 0 atom stereocenters. The molecule has 0 aliphatic carbocycles. The number of para-hydroxylation sites is 1. The molecule has 6 aromatic carbocycles. The van der Waals surface area contributed by atoms with Gasteiger partial charge in [0.2, 0.25) is 0 Å². The molecule has 0 bridgehead atoms. The van der Waals surface area contributed by atoms with Gasteiger partial charge in [0.05, 0.1) is 10.7 Å². The van der Waals surface area contributed by atoms with Gasteiger partial charge < -0.3 is 14.2 Å². The van der Waals surface area contributed by atoms with Crippen molar-refractivity contribution in [2.45, 2.75) is 112 Å². The lowest BCUT2D eigenvalue weighted by molar-refractivity contribution is 0.590. The highest BCUT2D eigenvalue weighted by Crippen LogP contribution is 2.51. The van der Waals surface area contributed by atoms with Gasteiger partial charge >= 0.3 is 0 Å². The van der Waals surface area contributed by atoms with Gasteiger partial charge in [-0.25, -0.2) is 0 Å². The first-order valence-electron chi connectivity index (χ1n) is 22.5. The molecule has 3 nitrogen and oxygen atoms in total. The van der Waals surface area contributed by atoms with Crippen LogP contribution in [-0.4, -0.2) is 6.71 Å². The zero-order valence-electron chi connectivity index (χ0n) is 38.8. The Labute approximate surface area is 373 Å². The summed E-state index contributed by atoms with van der Waals surface area (Å²) >= 11 is 1.95. The van der Waals surface area contributed by atoms with Gasteiger partial charge in [-0.1, -0.05) is 131 Å². The smallest absolute Gasteiger partial charge is 0.254 e.